The van der Waals surface area contributed by atoms with E-state index in [2.05, 4.69) is 145 Å². The summed E-state index contributed by atoms with van der Waals surface area (Å²) in [5.74, 6) is 0. The molecule has 5 aromatic carbocycles. The van der Waals surface area contributed by atoms with Crippen LogP contribution < -0.4 is 5.32 Å². The third-order valence-electron chi connectivity index (χ3n) is 8.41. The molecule has 0 amide bonds. The molecule has 7 aromatic rings. The van der Waals surface area contributed by atoms with Gasteiger partial charge < -0.3 is 9.88 Å². The molecule has 8 rings (SSSR count). The van der Waals surface area contributed by atoms with E-state index >= 15 is 0 Å². The van der Waals surface area contributed by atoms with Crippen LogP contribution in [0.15, 0.2) is 127 Å². The van der Waals surface area contributed by atoms with E-state index in [9.17, 15) is 0 Å². The second kappa shape index (κ2) is 8.70. The summed E-state index contributed by atoms with van der Waals surface area (Å²) < 4.78 is 2.44. The van der Waals surface area contributed by atoms with Crippen LogP contribution in [0.3, 0.4) is 0 Å². The molecule has 2 nitrogen and oxygen atoms in total. The molecule has 0 aliphatic heterocycles. The first-order valence-electron chi connectivity index (χ1n) is 13.8. The molecule has 0 radical (unpaired) electrons. The summed E-state index contributed by atoms with van der Waals surface area (Å²) in [5.41, 5.74) is 11.5. The number of anilines is 2. The summed E-state index contributed by atoms with van der Waals surface area (Å²) in [6.45, 7) is 4.71. The number of nitrogens with one attached hydrogen (secondary N) is 1. The number of rotatable bonds is 4. The minimum Gasteiger partial charge on any atom is -0.347 e. The Kier molecular flexibility index (Phi) is 5.07. The van der Waals surface area contributed by atoms with E-state index in [0.29, 0.717) is 0 Å². The predicted octanol–water partition coefficient (Wildman–Crippen LogP) is 10.6. The van der Waals surface area contributed by atoms with Gasteiger partial charge in [-0.05, 0) is 88.5 Å². The lowest BCUT2D eigenvalue weighted by atomic mass is 9.82. The van der Waals surface area contributed by atoms with Crippen LogP contribution in [0.4, 0.5) is 10.7 Å². The monoisotopic (exact) mass is 532 g/mol. The van der Waals surface area contributed by atoms with Gasteiger partial charge in [0.15, 0.2) is 0 Å². The standard InChI is InChI=1S/C37H28N2S/c1-37(2)31-16-10-9-15-27(31)28-22-30-29-21-24(35-19-20-36(40-35)38-25-11-5-3-6-12-25)17-18-33(29)39(34(30)23-32(28)37)26-13-7-4-8-14-26/h3-23,38H,1-2H3. The molecule has 0 saturated heterocycles. The molecule has 0 saturated carbocycles. The minimum absolute atomic E-state index is 0.0393. The van der Waals surface area contributed by atoms with Crippen LogP contribution in [0.5, 0.6) is 0 Å². The molecule has 0 bridgehead atoms. The maximum absolute atomic E-state index is 3.55. The lowest BCUT2D eigenvalue weighted by Crippen LogP contribution is -2.14. The Balaban J connectivity index is 1.34. The van der Waals surface area contributed by atoms with E-state index in [1.165, 1.54) is 60.2 Å². The van der Waals surface area contributed by atoms with Gasteiger partial charge in [0.2, 0.25) is 0 Å². The quantitative estimate of drug-likeness (QED) is 0.239. The maximum Gasteiger partial charge on any atom is 0.0933 e. The molecule has 2 aromatic heterocycles. The van der Waals surface area contributed by atoms with Crippen molar-refractivity contribution in [3.63, 3.8) is 0 Å². The number of hydrogen-bond acceptors (Lipinski definition) is 2. The number of benzene rings is 5. The van der Waals surface area contributed by atoms with Crippen LogP contribution in [-0.2, 0) is 5.41 Å². The summed E-state index contributed by atoms with van der Waals surface area (Å²) >= 11 is 1.79. The van der Waals surface area contributed by atoms with Crippen molar-refractivity contribution in [2.75, 3.05) is 5.32 Å². The lowest BCUT2D eigenvalue weighted by Gasteiger charge is -2.21. The fraction of sp³-hybridized carbons (Fsp3) is 0.0811. The number of hydrogen-bond donors (Lipinski definition) is 1. The second-order valence-electron chi connectivity index (χ2n) is 11.1. The van der Waals surface area contributed by atoms with Crippen molar-refractivity contribution >= 4 is 43.8 Å². The van der Waals surface area contributed by atoms with Crippen LogP contribution in [0.2, 0.25) is 0 Å². The van der Waals surface area contributed by atoms with Gasteiger partial charge in [0.05, 0.1) is 16.0 Å². The zero-order valence-corrected chi connectivity index (χ0v) is 23.3. The Labute approximate surface area is 238 Å². The summed E-state index contributed by atoms with van der Waals surface area (Å²) in [6, 6.07) is 46.3. The first-order valence-corrected chi connectivity index (χ1v) is 14.6. The molecule has 0 unspecified atom stereocenters. The summed E-state index contributed by atoms with van der Waals surface area (Å²) in [7, 11) is 0. The van der Waals surface area contributed by atoms with E-state index in [-0.39, 0.29) is 5.41 Å². The van der Waals surface area contributed by atoms with Crippen LogP contribution in [0.25, 0.3) is 49.1 Å². The molecule has 1 aliphatic carbocycles. The Bertz CT molecular complexity index is 2050. The highest BCUT2D eigenvalue weighted by molar-refractivity contribution is 7.19. The Hall–Kier alpha value is -4.60. The van der Waals surface area contributed by atoms with Crippen LogP contribution in [0, 0.1) is 0 Å². The van der Waals surface area contributed by atoms with Gasteiger partial charge in [-0.1, -0.05) is 80.6 Å². The van der Waals surface area contributed by atoms with Crippen molar-refractivity contribution in [1.82, 2.24) is 4.57 Å². The average Bonchev–Trinajstić information content (AvgIpc) is 3.65. The van der Waals surface area contributed by atoms with Crippen LogP contribution in [-0.4, -0.2) is 4.57 Å². The SMILES string of the molecule is CC1(C)c2ccccc2-c2cc3c4cc(-c5ccc(Nc6ccccc6)s5)ccc4n(-c4ccccc4)c3cc21. The Morgan fingerprint density at radius 1 is 0.600 bits per heavy atom. The fourth-order valence-electron chi connectivity index (χ4n) is 6.45. The van der Waals surface area contributed by atoms with E-state index in [4.69, 9.17) is 0 Å². The van der Waals surface area contributed by atoms with Gasteiger partial charge in [-0.15, -0.1) is 11.3 Å². The molecule has 0 spiro atoms. The normalized spacial score (nSPS) is 13.4. The highest BCUT2D eigenvalue weighted by atomic mass is 32.1. The van der Waals surface area contributed by atoms with Gasteiger partial charge in [0.25, 0.3) is 0 Å². The molecule has 40 heavy (non-hydrogen) atoms. The molecule has 0 atom stereocenters. The van der Waals surface area contributed by atoms with Gasteiger partial charge in [0.1, 0.15) is 0 Å². The third-order valence-corrected chi connectivity index (χ3v) is 9.46. The molecule has 3 heteroatoms. The van der Waals surface area contributed by atoms with Crippen molar-refractivity contribution in [3.05, 3.63) is 139 Å². The topological polar surface area (TPSA) is 17.0 Å². The molecular weight excluding hydrogens is 504 g/mol. The molecule has 0 fully saturated rings. The summed E-state index contributed by atoms with van der Waals surface area (Å²) in [5, 5.41) is 7.27. The van der Waals surface area contributed by atoms with E-state index < -0.39 is 0 Å². The third kappa shape index (κ3) is 3.48. The largest absolute Gasteiger partial charge is 0.347 e. The predicted molar refractivity (Wildman–Crippen MR) is 171 cm³/mol. The summed E-state index contributed by atoms with van der Waals surface area (Å²) in [6.07, 6.45) is 0. The van der Waals surface area contributed by atoms with E-state index in [0.717, 1.165) is 10.7 Å². The lowest BCUT2D eigenvalue weighted by molar-refractivity contribution is 0.661. The highest BCUT2D eigenvalue weighted by Gasteiger charge is 2.36. The molecule has 192 valence electrons. The van der Waals surface area contributed by atoms with Crippen LogP contribution in [0.1, 0.15) is 25.0 Å². The molecular formula is C37H28N2S. The number of aromatic nitrogens is 1. The van der Waals surface area contributed by atoms with Gasteiger partial charge in [-0.25, -0.2) is 0 Å². The minimum atomic E-state index is -0.0393. The summed E-state index contributed by atoms with van der Waals surface area (Å²) in [4.78, 5) is 1.26. The van der Waals surface area contributed by atoms with Gasteiger partial charge in [0, 0.05) is 32.4 Å². The molecule has 1 aliphatic rings. The fourth-order valence-corrected chi connectivity index (χ4v) is 7.37. The molecule has 1 N–H and O–H groups in total. The van der Waals surface area contributed by atoms with Crippen molar-refractivity contribution in [2.45, 2.75) is 19.3 Å². The Morgan fingerprint density at radius 2 is 1.32 bits per heavy atom. The van der Waals surface area contributed by atoms with Gasteiger partial charge in [-0.2, -0.15) is 0 Å². The Morgan fingerprint density at radius 3 is 2.15 bits per heavy atom. The highest BCUT2D eigenvalue weighted by Crippen LogP contribution is 2.51. The number of para-hydroxylation sites is 2. The number of thiophene rings is 1. The number of nitrogens with zero attached hydrogens (tertiary/aromatic N) is 1. The number of fused-ring (bicyclic) bond motifs is 6. The van der Waals surface area contributed by atoms with Crippen molar-refractivity contribution in [3.8, 4) is 27.3 Å². The first-order chi connectivity index (χ1) is 19.6. The van der Waals surface area contributed by atoms with Gasteiger partial charge in [-0.3, -0.25) is 0 Å². The second-order valence-corrected chi connectivity index (χ2v) is 12.2. The first kappa shape index (κ1) is 23.3. The van der Waals surface area contributed by atoms with Crippen molar-refractivity contribution in [2.24, 2.45) is 0 Å². The van der Waals surface area contributed by atoms with Crippen molar-refractivity contribution in [1.29, 1.82) is 0 Å². The zero-order valence-electron chi connectivity index (χ0n) is 22.5. The van der Waals surface area contributed by atoms with Gasteiger partial charge >= 0.3 is 0 Å². The molecule has 2 heterocycles. The van der Waals surface area contributed by atoms with Crippen molar-refractivity contribution < 1.29 is 0 Å². The van der Waals surface area contributed by atoms with E-state index in [1.54, 1.807) is 11.3 Å². The average molecular weight is 533 g/mol. The zero-order chi connectivity index (χ0) is 26.8. The maximum atomic E-state index is 3.55. The van der Waals surface area contributed by atoms with E-state index in [1.807, 2.05) is 6.07 Å². The van der Waals surface area contributed by atoms with Crippen LogP contribution >= 0.6 is 11.3 Å². The smallest absolute Gasteiger partial charge is 0.0933 e.